The van der Waals surface area contributed by atoms with Crippen molar-refractivity contribution < 1.29 is 9.47 Å². The van der Waals surface area contributed by atoms with Gasteiger partial charge < -0.3 is 9.47 Å². The van der Waals surface area contributed by atoms with Gasteiger partial charge in [0.25, 0.3) is 0 Å². The van der Waals surface area contributed by atoms with E-state index in [1.807, 2.05) is 0 Å². The summed E-state index contributed by atoms with van der Waals surface area (Å²) in [5.74, 6) is 0. The molecule has 0 aromatic heterocycles. The Kier molecular flexibility index (Phi) is 3.10. The van der Waals surface area contributed by atoms with Crippen molar-refractivity contribution in [3.05, 3.63) is 0 Å². The second kappa shape index (κ2) is 4.17. The molecular weight excluding hydrogens is 178 g/mol. The summed E-state index contributed by atoms with van der Waals surface area (Å²) in [4.78, 5) is 2.46. The van der Waals surface area contributed by atoms with Crippen LogP contribution in [-0.2, 0) is 9.47 Å². The lowest BCUT2D eigenvalue weighted by molar-refractivity contribution is -0.120. The molecule has 2 aliphatic rings. The zero-order valence-corrected chi connectivity index (χ0v) is 9.40. The van der Waals surface area contributed by atoms with E-state index in [1.165, 1.54) is 0 Å². The fourth-order valence-electron chi connectivity index (χ4n) is 2.54. The van der Waals surface area contributed by atoms with Gasteiger partial charge in [-0.05, 0) is 33.7 Å². The summed E-state index contributed by atoms with van der Waals surface area (Å²) in [6.45, 7) is 5.99. The van der Waals surface area contributed by atoms with Crippen molar-refractivity contribution in [1.29, 1.82) is 0 Å². The number of morpholine rings is 1. The maximum Gasteiger partial charge on any atom is 0.0623 e. The molecule has 0 radical (unpaired) electrons. The molecule has 2 atom stereocenters. The highest BCUT2D eigenvalue weighted by molar-refractivity contribution is 4.90. The van der Waals surface area contributed by atoms with Crippen LogP contribution in [0, 0.1) is 0 Å². The molecule has 14 heavy (non-hydrogen) atoms. The van der Waals surface area contributed by atoms with Crippen LogP contribution >= 0.6 is 0 Å². The van der Waals surface area contributed by atoms with E-state index in [1.54, 1.807) is 0 Å². The Morgan fingerprint density at radius 3 is 2.29 bits per heavy atom. The minimum atomic E-state index is 0.352. The zero-order chi connectivity index (χ0) is 10.1. The molecule has 0 aliphatic carbocycles. The lowest BCUT2D eigenvalue weighted by atomic mass is 9.92. The van der Waals surface area contributed by atoms with Crippen LogP contribution in [0.3, 0.4) is 0 Å². The molecule has 0 aromatic carbocycles. The molecule has 0 amide bonds. The molecule has 0 spiro atoms. The Morgan fingerprint density at radius 2 is 1.79 bits per heavy atom. The molecule has 0 aromatic rings. The van der Waals surface area contributed by atoms with Gasteiger partial charge in [0.2, 0.25) is 0 Å². The number of fused-ring (bicyclic) bond motifs is 2. The average molecular weight is 199 g/mol. The Bertz CT molecular complexity index is 182. The molecule has 2 aliphatic heterocycles. The van der Waals surface area contributed by atoms with Gasteiger partial charge in [-0.1, -0.05) is 0 Å². The zero-order valence-electron chi connectivity index (χ0n) is 9.40. The van der Waals surface area contributed by atoms with E-state index < -0.39 is 0 Å². The van der Waals surface area contributed by atoms with Gasteiger partial charge in [0, 0.05) is 12.1 Å². The number of rotatable bonds is 2. The average Bonchev–Trinajstić information content (AvgIpc) is 2.05. The van der Waals surface area contributed by atoms with Gasteiger partial charge in [0.1, 0.15) is 0 Å². The van der Waals surface area contributed by atoms with Gasteiger partial charge in [0.05, 0.1) is 25.4 Å². The van der Waals surface area contributed by atoms with Crippen LogP contribution in [0.25, 0.3) is 0 Å². The number of hydrogen-bond acceptors (Lipinski definition) is 3. The van der Waals surface area contributed by atoms with Crippen molar-refractivity contribution in [3.8, 4) is 0 Å². The van der Waals surface area contributed by atoms with E-state index in [0.717, 1.165) is 26.1 Å². The predicted molar refractivity (Wildman–Crippen MR) is 55.4 cm³/mol. The van der Waals surface area contributed by atoms with Crippen LogP contribution in [0.5, 0.6) is 0 Å². The smallest absolute Gasteiger partial charge is 0.0623 e. The predicted octanol–water partition coefficient (Wildman–Crippen LogP) is 1.27. The van der Waals surface area contributed by atoms with Gasteiger partial charge in [-0.15, -0.1) is 0 Å². The summed E-state index contributed by atoms with van der Waals surface area (Å²) < 4.78 is 11.5. The van der Waals surface area contributed by atoms with Crippen molar-refractivity contribution in [2.24, 2.45) is 0 Å². The van der Waals surface area contributed by atoms with Crippen LogP contribution in [0.15, 0.2) is 0 Å². The molecule has 0 saturated carbocycles. The van der Waals surface area contributed by atoms with Gasteiger partial charge in [0.15, 0.2) is 0 Å². The lowest BCUT2D eigenvalue weighted by Crippen LogP contribution is -2.56. The highest BCUT2D eigenvalue weighted by atomic mass is 16.5. The second-order valence-corrected chi connectivity index (χ2v) is 4.79. The molecule has 0 N–H and O–H groups in total. The number of ether oxygens (including phenoxy) is 2. The standard InChI is InChI=1S/C11H21NO2/c1-8(2)14-11-4-9-6-13-7-10(5-11)12(9)3/h8-11H,4-7H2,1-3H3. The Morgan fingerprint density at radius 1 is 1.21 bits per heavy atom. The SMILES string of the molecule is CC(C)OC1CC2COCC(C1)N2C. The first-order valence-electron chi connectivity index (χ1n) is 5.62. The minimum Gasteiger partial charge on any atom is -0.378 e. The maximum atomic E-state index is 5.89. The molecule has 82 valence electrons. The summed E-state index contributed by atoms with van der Waals surface area (Å²) >= 11 is 0. The summed E-state index contributed by atoms with van der Waals surface area (Å²) in [5, 5.41) is 0. The summed E-state index contributed by atoms with van der Waals surface area (Å²) in [6, 6.07) is 1.15. The van der Waals surface area contributed by atoms with Crippen molar-refractivity contribution in [2.45, 2.75) is 51.0 Å². The molecule has 2 rings (SSSR count). The van der Waals surface area contributed by atoms with E-state index in [9.17, 15) is 0 Å². The molecule has 3 nitrogen and oxygen atoms in total. The van der Waals surface area contributed by atoms with Crippen molar-refractivity contribution >= 4 is 0 Å². The third-order valence-electron chi connectivity index (χ3n) is 3.31. The normalized spacial score (nSPS) is 39.0. The number of piperidine rings is 1. The highest BCUT2D eigenvalue weighted by Gasteiger charge is 2.37. The molecule has 2 heterocycles. The van der Waals surface area contributed by atoms with Crippen LogP contribution in [0.1, 0.15) is 26.7 Å². The summed E-state index contributed by atoms with van der Waals surface area (Å²) in [6.07, 6.45) is 3.06. The van der Waals surface area contributed by atoms with Crippen LogP contribution in [0.2, 0.25) is 0 Å². The summed E-state index contributed by atoms with van der Waals surface area (Å²) in [7, 11) is 2.21. The largest absolute Gasteiger partial charge is 0.378 e. The Labute approximate surface area is 86.4 Å². The Balaban J connectivity index is 1.93. The maximum absolute atomic E-state index is 5.89. The van der Waals surface area contributed by atoms with E-state index in [0.29, 0.717) is 24.3 Å². The number of likely N-dealkylation sites (N-methyl/N-ethyl adjacent to an activating group) is 1. The van der Waals surface area contributed by atoms with E-state index in [4.69, 9.17) is 9.47 Å². The first kappa shape index (κ1) is 10.4. The van der Waals surface area contributed by atoms with Crippen molar-refractivity contribution in [3.63, 3.8) is 0 Å². The topological polar surface area (TPSA) is 21.7 Å². The van der Waals surface area contributed by atoms with Gasteiger partial charge in [-0.3, -0.25) is 4.90 Å². The summed E-state index contributed by atoms with van der Waals surface area (Å²) in [5.41, 5.74) is 0. The molecule has 2 saturated heterocycles. The van der Waals surface area contributed by atoms with Gasteiger partial charge in [-0.2, -0.15) is 0 Å². The van der Waals surface area contributed by atoms with E-state index in [-0.39, 0.29) is 0 Å². The third-order valence-corrected chi connectivity index (χ3v) is 3.31. The van der Waals surface area contributed by atoms with Crippen LogP contribution in [-0.4, -0.2) is 49.5 Å². The third kappa shape index (κ3) is 2.10. The van der Waals surface area contributed by atoms with Crippen molar-refractivity contribution in [2.75, 3.05) is 20.3 Å². The lowest BCUT2D eigenvalue weighted by Gasteiger charge is -2.46. The van der Waals surface area contributed by atoms with Crippen molar-refractivity contribution in [1.82, 2.24) is 4.90 Å². The minimum absolute atomic E-state index is 0.352. The molecule has 2 fully saturated rings. The van der Waals surface area contributed by atoms with E-state index in [2.05, 4.69) is 25.8 Å². The fourth-order valence-corrected chi connectivity index (χ4v) is 2.54. The molecular formula is C11H21NO2. The van der Waals surface area contributed by atoms with Gasteiger partial charge >= 0.3 is 0 Å². The molecule has 2 bridgehead atoms. The number of nitrogens with zero attached hydrogens (tertiary/aromatic N) is 1. The second-order valence-electron chi connectivity index (χ2n) is 4.79. The van der Waals surface area contributed by atoms with E-state index >= 15 is 0 Å². The fraction of sp³-hybridized carbons (Fsp3) is 1.00. The quantitative estimate of drug-likeness (QED) is 0.668. The Hall–Kier alpha value is -0.120. The van der Waals surface area contributed by atoms with Crippen LogP contribution < -0.4 is 0 Å². The van der Waals surface area contributed by atoms with Crippen LogP contribution in [0.4, 0.5) is 0 Å². The monoisotopic (exact) mass is 199 g/mol. The number of hydrogen-bond donors (Lipinski definition) is 0. The first-order valence-corrected chi connectivity index (χ1v) is 5.62. The van der Waals surface area contributed by atoms with Gasteiger partial charge in [-0.25, -0.2) is 0 Å². The first-order chi connectivity index (χ1) is 6.66. The molecule has 2 unspecified atom stereocenters. The molecule has 3 heteroatoms. The highest BCUT2D eigenvalue weighted by Crippen LogP contribution is 2.28.